The number of methoxy groups -OCH3 is 1. The van der Waals surface area contributed by atoms with Gasteiger partial charge < -0.3 is 4.74 Å². The van der Waals surface area contributed by atoms with E-state index in [0.717, 1.165) is 25.5 Å². The van der Waals surface area contributed by atoms with Crippen LogP contribution in [0.1, 0.15) is 27.6 Å². The molecule has 1 aromatic carbocycles. The van der Waals surface area contributed by atoms with Crippen molar-refractivity contribution in [2.45, 2.75) is 19.9 Å². The van der Waals surface area contributed by atoms with Crippen LogP contribution in [-0.2, 0) is 0 Å². The molecule has 2 rings (SSSR count). The molecule has 3 N–H and O–H groups in total. The van der Waals surface area contributed by atoms with Gasteiger partial charge in [-0.25, -0.2) is 5.43 Å². The zero-order valence-electron chi connectivity index (χ0n) is 11.2. The lowest BCUT2D eigenvalue weighted by Gasteiger charge is -2.20. The Morgan fingerprint density at radius 2 is 2.00 bits per heavy atom. The third-order valence-corrected chi connectivity index (χ3v) is 4.96. The highest BCUT2D eigenvalue weighted by Crippen LogP contribution is 2.37. The summed E-state index contributed by atoms with van der Waals surface area (Å²) in [5.41, 5.74) is 6.30. The molecule has 2 aromatic rings. The highest BCUT2D eigenvalue weighted by molar-refractivity contribution is 9.11. The summed E-state index contributed by atoms with van der Waals surface area (Å²) in [7, 11) is 1.70. The van der Waals surface area contributed by atoms with Crippen LogP contribution in [0.15, 0.2) is 28.1 Å². The summed E-state index contributed by atoms with van der Waals surface area (Å²) in [5.74, 6) is 6.64. The first-order chi connectivity index (χ1) is 9.08. The largest absolute Gasteiger partial charge is 0.496 e. The molecular formula is C14H17BrN2OS. The zero-order valence-corrected chi connectivity index (χ0v) is 13.6. The van der Waals surface area contributed by atoms with Crippen molar-refractivity contribution < 1.29 is 4.74 Å². The Labute approximate surface area is 125 Å². The van der Waals surface area contributed by atoms with Crippen molar-refractivity contribution in [1.29, 1.82) is 0 Å². The number of hydrazine groups is 1. The van der Waals surface area contributed by atoms with Gasteiger partial charge in [0.05, 0.1) is 16.9 Å². The fourth-order valence-electron chi connectivity index (χ4n) is 2.12. The van der Waals surface area contributed by atoms with Crippen molar-refractivity contribution in [2.75, 3.05) is 7.11 Å². The van der Waals surface area contributed by atoms with Crippen LogP contribution in [0.5, 0.6) is 5.75 Å². The predicted octanol–water partition coefficient (Wildman–Crippen LogP) is 3.69. The SMILES string of the molecule is COc1c(C(NN)c2ccc(Br)s2)ccc(C)c1C. The van der Waals surface area contributed by atoms with Gasteiger partial charge in [0, 0.05) is 10.4 Å². The molecule has 5 heteroatoms. The molecule has 0 fully saturated rings. The second kappa shape index (κ2) is 6.05. The maximum Gasteiger partial charge on any atom is 0.127 e. The van der Waals surface area contributed by atoms with Gasteiger partial charge in [-0.05, 0) is 53.0 Å². The van der Waals surface area contributed by atoms with Crippen LogP contribution < -0.4 is 16.0 Å². The Morgan fingerprint density at radius 3 is 2.53 bits per heavy atom. The van der Waals surface area contributed by atoms with Crippen LogP contribution in [0.3, 0.4) is 0 Å². The Balaban J connectivity index is 2.52. The maximum absolute atomic E-state index is 5.74. The van der Waals surface area contributed by atoms with Crippen molar-refractivity contribution >= 4 is 27.3 Å². The monoisotopic (exact) mass is 340 g/mol. The molecule has 102 valence electrons. The third-order valence-electron chi connectivity index (χ3n) is 3.27. The molecule has 1 heterocycles. The minimum absolute atomic E-state index is 0.0643. The second-order valence-corrected chi connectivity index (χ2v) is 6.87. The van der Waals surface area contributed by atoms with Gasteiger partial charge in [0.25, 0.3) is 0 Å². The summed E-state index contributed by atoms with van der Waals surface area (Å²) < 4.78 is 6.65. The van der Waals surface area contributed by atoms with Crippen LogP contribution in [0.25, 0.3) is 0 Å². The molecule has 1 unspecified atom stereocenters. The van der Waals surface area contributed by atoms with Gasteiger partial charge in [0.1, 0.15) is 5.75 Å². The Morgan fingerprint density at radius 1 is 1.26 bits per heavy atom. The van der Waals surface area contributed by atoms with Crippen molar-refractivity contribution in [1.82, 2.24) is 5.43 Å². The topological polar surface area (TPSA) is 47.3 Å². The van der Waals surface area contributed by atoms with E-state index >= 15 is 0 Å². The number of nitrogens with one attached hydrogen (secondary N) is 1. The number of aryl methyl sites for hydroxylation is 1. The summed E-state index contributed by atoms with van der Waals surface area (Å²) in [4.78, 5) is 1.15. The summed E-state index contributed by atoms with van der Waals surface area (Å²) in [6.45, 7) is 4.14. The lowest BCUT2D eigenvalue weighted by Crippen LogP contribution is -2.28. The highest BCUT2D eigenvalue weighted by atomic mass is 79.9. The molecular weight excluding hydrogens is 324 g/mol. The molecule has 19 heavy (non-hydrogen) atoms. The van der Waals surface area contributed by atoms with Gasteiger partial charge in [-0.1, -0.05) is 12.1 Å². The minimum atomic E-state index is -0.0643. The van der Waals surface area contributed by atoms with Gasteiger partial charge in [-0.15, -0.1) is 11.3 Å². The number of hydrogen-bond acceptors (Lipinski definition) is 4. The summed E-state index contributed by atoms with van der Waals surface area (Å²) in [6, 6.07) is 8.19. The van der Waals surface area contributed by atoms with Crippen LogP contribution in [0.4, 0.5) is 0 Å². The van der Waals surface area contributed by atoms with Crippen molar-refractivity contribution in [3.05, 3.63) is 49.6 Å². The molecule has 0 saturated heterocycles. The lowest BCUT2D eigenvalue weighted by molar-refractivity contribution is 0.401. The average molecular weight is 341 g/mol. The van der Waals surface area contributed by atoms with E-state index in [2.05, 4.69) is 53.4 Å². The van der Waals surface area contributed by atoms with Crippen LogP contribution in [0, 0.1) is 13.8 Å². The normalized spacial score (nSPS) is 12.5. The van der Waals surface area contributed by atoms with E-state index in [1.165, 1.54) is 5.56 Å². The highest BCUT2D eigenvalue weighted by Gasteiger charge is 2.20. The number of hydrogen-bond donors (Lipinski definition) is 2. The van der Waals surface area contributed by atoms with Crippen LogP contribution in [-0.4, -0.2) is 7.11 Å². The van der Waals surface area contributed by atoms with E-state index < -0.39 is 0 Å². The first kappa shape index (κ1) is 14.5. The van der Waals surface area contributed by atoms with Gasteiger partial charge in [0.2, 0.25) is 0 Å². The molecule has 0 amide bonds. The van der Waals surface area contributed by atoms with Crippen molar-refractivity contribution in [3.63, 3.8) is 0 Å². The lowest BCUT2D eigenvalue weighted by atomic mass is 9.98. The Kier molecular flexibility index (Phi) is 4.62. The summed E-state index contributed by atoms with van der Waals surface area (Å²) in [5, 5.41) is 0. The third kappa shape index (κ3) is 2.84. The number of benzene rings is 1. The van der Waals surface area contributed by atoms with E-state index in [4.69, 9.17) is 10.6 Å². The fourth-order valence-corrected chi connectivity index (χ4v) is 3.62. The molecule has 0 saturated carbocycles. The Bertz CT molecular complexity index is 583. The Hall–Kier alpha value is -0.880. The standard InChI is InChI=1S/C14H17BrN2OS/c1-8-4-5-10(14(18-3)9(8)2)13(17-16)11-6-7-12(15)19-11/h4-7,13,17H,16H2,1-3H3. The maximum atomic E-state index is 5.74. The van der Waals surface area contributed by atoms with Crippen LogP contribution >= 0.6 is 27.3 Å². The molecule has 1 atom stereocenters. The number of halogens is 1. The molecule has 0 aliphatic carbocycles. The molecule has 0 aliphatic rings. The predicted molar refractivity (Wildman–Crippen MR) is 83.7 cm³/mol. The first-order valence-electron chi connectivity index (χ1n) is 5.94. The van der Waals surface area contributed by atoms with Crippen LogP contribution in [0.2, 0.25) is 0 Å². The van der Waals surface area contributed by atoms with E-state index in [1.807, 2.05) is 6.07 Å². The minimum Gasteiger partial charge on any atom is -0.496 e. The number of thiophene rings is 1. The van der Waals surface area contributed by atoms with Gasteiger partial charge in [0.15, 0.2) is 0 Å². The van der Waals surface area contributed by atoms with Gasteiger partial charge in [-0.3, -0.25) is 5.84 Å². The summed E-state index contributed by atoms with van der Waals surface area (Å²) >= 11 is 5.15. The number of nitrogens with two attached hydrogens (primary N) is 1. The zero-order chi connectivity index (χ0) is 14.0. The van der Waals surface area contributed by atoms with E-state index in [9.17, 15) is 0 Å². The smallest absolute Gasteiger partial charge is 0.127 e. The molecule has 0 spiro atoms. The first-order valence-corrected chi connectivity index (χ1v) is 7.55. The quantitative estimate of drug-likeness (QED) is 0.659. The molecule has 3 nitrogen and oxygen atoms in total. The van der Waals surface area contributed by atoms with E-state index in [0.29, 0.717) is 0 Å². The van der Waals surface area contributed by atoms with E-state index in [1.54, 1.807) is 18.4 Å². The van der Waals surface area contributed by atoms with Gasteiger partial charge >= 0.3 is 0 Å². The number of ether oxygens (including phenoxy) is 1. The fraction of sp³-hybridized carbons (Fsp3) is 0.286. The molecule has 0 aliphatic heterocycles. The molecule has 1 aromatic heterocycles. The summed E-state index contributed by atoms with van der Waals surface area (Å²) in [6.07, 6.45) is 0. The average Bonchev–Trinajstić information content (AvgIpc) is 2.81. The molecule has 0 radical (unpaired) electrons. The number of rotatable bonds is 4. The molecule has 0 bridgehead atoms. The van der Waals surface area contributed by atoms with Crippen molar-refractivity contribution in [3.8, 4) is 5.75 Å². The second-order valence-electron chi connectivity index (χ2n) is 4.37. The van der Waals surface area contributed by atoms with Crippen molar-refractivity contribution in [2.24, 2.45) is 5.84 Å². The van der Waals surface area contributed by atoms with Gasteiger partial charge in [-0.2, -0.15) is 0 Å². The van der Waals surface area contributed by atoms with E-state index in [-0.39, 0.29) is 6.04 Å².